The van der Waals surface area contributed by atoms with Gasteiger partial charge in [0, 0.05) is 24.3 Å². The number of benzene rings is 1. The molecule has 2 nitrogen and oxygen atoms in total. The van der Waals surface area contributed by atoms with Crippen LogP contribution in [0, 0.1) is 25.7 Å². The number of rotatable bonds is 2. The number of nitrogens with zero attached hydrogens (tertiary/aromatic N) is 1. The molecule has 2 atom stereocenters. The lowest BCUT2D eigenvalue weighted by Gasteiger charge is -2.37. The third-order valence-corrected chi connectivity index (χ3v) is 3.92. The lowest BCUT2D eigenvalue weighted by molar-refractivity contribution is 0.112. The van der Waals surface area contributed by atoms with Gasteiger partial charge in [-0.15, -0.1) is 0 Å². The van der Waals surface area contributed by atoms with Gasteiger partial charge in [0.15, 0.2) is 0 Å². The Morgan fingerprint density at radius 3 is 2.28 bits per heavy atom. The van der Waals surface area contributed by atoms with Gasteiger partial charge in [-0.2, -0.15) is 0 Å². The highest BCUT2D eigenvalue weighted by Gasteiger charge is 2.23. The van der Waals surface area contributed by atoms with Crippen molar-refractivity contribution in [1.29, 1.82) is 0 Å². The molecule has 1 aliphatic heterocycles. The molecule has 1 aliphatic rings. The van der Waals surface area contributed by atoms with Crippen molar-refractivity contribution in [3.63, 3.8) is 0 Å². The van der Waals surface area contributed by atoms with Crippen LogP contribution in [0.15, 0.2) is 12.1 Å². The zero-order valence-electron chi connectivity index (χ0n) is 11.9. The van der Waals surface area contributed by atoms with Crippen LogP contribution in [-0.2, 0) is 0 Å². The second kappa shape index (κ2) is 5.13. The van der Waals surface area contributed by atoms with Gasteiger partial charge in [-0.3, -0.25) is 4.79 Å². The van der Waals surface area contributed by atoms with Gasteiger partial charge in [0.25, 0.3) is 0 Å². The van der Waals surface area contributed by atoms with E-state index in [0.717, 1.165) is 42.3 Å². The van der Waals surface area contributed by atoms with Crippen LogP contribution in [0.4, 0.5) is 5.69 Å². The average Bonchev–Trinajstić information content (AvgIpc) is 2.30. The molecule has 1 aromatic carbocycles. The topological polar surface area (TPSA) is 20.3 Å². The van der Waals surface area contributed by atoms with Crippen LogP contribution < -0.4 is 4.90 Å². The molecule has 2 rings (SSSR count). The summed E-state index contributed by atoms with van der Waals surface area (Å²) in [6.07, 6.45) is 2.27. The fraction of sp³-hybridized carbons (Fsp3) is 0.562. The van der Waals surface area contributed by atoms with Crippen LogP contribution in [0.2, 0.25) is 0 Å². The molecule has 1 heterocycles. The van der Waals surface area contributed by atoms with Crippen LogP contribution in [0.3, 0.4) is 0 Å². The second-order valence-corrected chi connectivity index (χ2v) is 5.96. The molecular weight excluding hydrogens is 222 g/mol. The van der Waals surface area contributed by atoms with E-state index in [2.05, 4.69) is 31.7 Å². The molecule has 2 heteroatoms. The zero-order valence-corrected chi connectivity index (χ0v) is 11.9. The monoisotopic (exact) mass is 245 g/mol. The molecule has 0 bridgehead atoms. The molecule has 1 saturated heterocycles. The SMILES string of the molecule is Cc1cc(N2CC(C)CC(C)C2)c(C)cc1C=O. The Morgan fingerprint density at radius 1 is 1.11 bits per heavy atom. The maximum atomic E-state index is 11.0. The van der Waals surface area contributed by atoms with Gasteiger partial charge in [-0.25, -0.2) is 0 Å². The first-order chi connectivity index (χ1) is 8.51. The highest BCUT2D eigenvalue weighted by molar-refractivity contribution is 5.79. The van der Waals surface area contributed by atoms with Gasteiger partial charge in [0.05, 0.1) is 0 Å². The number of aldehydes is 1. The van der Waals surface area contributed by atoms with Crippen LogP contribution in [0.25, 0.3) is 0 Å². The van der Waals surface area contributed by atoms with Gasteiger partial charge in [0.2, 0.25) is 0 Å². The Hall–Kier alpha value is -1.31. The van der Waals surface area contributed by atoms with Gasteiger partial charge >= 0.3 is 0 Å². The summed E-state index contributed by atoms with van der Waals surface area (Å²) >= 11 is 0. The van der Waals surface area contributed by atoms with Crippen molar-refractivity contribution < 1.29 is 4.79 Å². The van der Waals surface area contributed by atoms with E-state index >= 15 is 0 Å². The van der Waals surface area contributed by atoms with Crippen molar-refractivity contribution in [2.24, 2.45) is 11.8 Å². The molecule has 1 aromatic rings. The minimum absolute atomic E-state index is 0.749. The number of hydrogen-bond donors (Lipinski definition) is 0. The van der Waals surface area contributed by atoms with Crippen molar-refractivity contribution in [3.8, 4) is 0 Å². The molecule has 0 spiro atoms. The van der Waals surface area contributed by atoms with Crippen molar-refractivity contribution in [2.75, 3.05) is 18.0 Å². The van der Waals surface area contributed by atoms with E-state index in [4.69, 9.17) is 0 Å². The molecule has 0 aliphatic carbocycles. The summed E-state index contributed by atoms with van der Waals surface area (Å²) < 4.78 is 0. The van der Waals surface area contributed by atoms with E-state index in [1.165, 1.54) is 17.7 Å². The predicted octanol–water partition coefficient (Wildman–Crippen LogP) is 3.60. The number of hydrogen-bond acceptors (Lipinski definition) is 2. The van der Waals surface area contributed by atoms with E-state index in [0.29, 0.717) is 0 Å². The molecule has 2 unspecified atom stereocenters. The zero-order chi connectivity index (χ0) is 13.3. The molecule has 98 valence electrons. The maximum absolute atomic E-state index is 11.0. The number of piperidine rings is 1. The Labute approximate surface area is 110 Å². The fourth-order valence-electron chi connectivity index (χ4n) is 3.15. The normalized spacial score (nSPS) is 24.1. The highest BCUT2D eigenvalue weighted by atomic mass is 16.1. The van der Waals surface area contributed by atoms with Crippen LogP contribution in [0.5, 0.6) is 0 Å². The Balaban J connectivity index is 2.33. The molecule has 18 heavy (non-hydrogen) atoms. The van der Waals surface area contributed by atoms with Crippen molar-refractivity contribution in [3.05, 3.63) is 28.8 Å². The fourth-order valence-corrected chi connectivity index (χ4v) is 3.15. The van der Waals surface area contributed by atoms with E-state index in [1.807, 2.05) is 13.0 Å². The Morgan fingerprint density at radius 2 is 1.72 bits per heavy atom. The van der Waals surface area contributed by atoms with Crippen LogP contribution in [0.1, 0.15) is 41.8 Å². The summed E-state index contributed by atoms with van der Waals surface area (Å²) in [6.45, 7) is 11.0. The van der Waals surface area contributed by atoms with E-state index in [9.17, 15) is 4.79 Å². The maximum Gasteiger partial charge on any atom is 0.150 e. The Bertz CT molecular complexity index is 443. The largest absolute Gasteiger partial charge is 0.371 e. The third-order valence-electron chi connectivity index (χ3n) is 3.92. The molecular formula is C16H23NO. The van der Waals surface area contributed by atoms with Crippen molar-refractivity contribution in [2.45, 2.75) is 34.1 Å². The number of carbonyl (C=O) groups is 1. The summed E-state index contributed by atoms with van der Waals surface area (Å²) in [4.78, 5) is 13.4. The average molecular weight is 245 g/mol. The van der Waals surface area contributed by atoms with Crippen molar-refractivity contribution in [1.82, 2.24) is 0 Å². The van der Waals surface area contributed by atoms with Gasteiger partial charge in [-0.1, -0.05) is 13.8 Å². The molecule has 1 fully saturated rings. The molecule has 0 N–H and O–H groups in total. The standard InChI is InChI=1S/C16H23NO/c1-11-5-12(2)9-17(8-11)16-7-13(3)15(10-18)6-14(16)4/h6-7,10-12H,5,8-9H2,1-4H3. The van der Waals surface area contributed by atoms with E-state index in [1.54, 1.807) is 0 Å². The molecule has 0 amide bonds. The molecule has 0 radical (unpaired) electrons. The number of aryl methyl sites for hydroxylation is 2. The predicted molar refractivity (Wildman–Crippen MR) is 76.5 cm³/mol. The lowest BCUT2D eigenvalue weighted by atomic mass is 9.90. The highest BCUT2D eigenvalue weighted by Crippen LogP contribution is 2.30. The summed E-state index contributed by atoms with van der Waals surface area (Å²) in [5, 5.41) is 0. The van der Waals surface area contributed by atoms with Crippen LogP contribution >= 0.6 is 0 Å². The summed E-state index contributed by atoms with van der Waals surface area (Å²) in [7, 11) is 0. The quantitative estimate of drug-likeness (QED) is 0.742. The summed E-state index contributed by atoms with van der Waals surface area (Å²) in [6, 6.07) is 4.19. The van der Waals surface area contributed by atoms with Gasteiger partial charge < -0.3 is 4.90 Å². The van der Waals surface area contributed by atoms with Crippen molar-refractivity contribution >= 4 is 12.0 Å². The molecule has 0 saturated carbocycles. The summed E-state index contributed by atoms with van der Waals surface area (Å²) in [5.74, 6) is 1.50. The Kier molecular flexibility index (Phi) is 3.74. The van der Waals surface area contributed by atoms with Crippen LogP contribution in [-0.4, -0.2) is 19.4 Å². The third kappa shape index (κ3) is 2.58. The smallest absolute Gasteiger partial charge is 0.150 e. The first-order valence-corrected chi connectivity index (χ1v) is 6.82. The lowest BCUT2D eigenvalue weighted by Crippen LogP contribution is -2.39. The van der Waals surface area contributed by atoms with E-state index in [-0.39, 0.29) is 0 Å². The summed E-state index contributed by atoms with van der Waals surface area (Å²) in [5.41, 5.74) is 4.41. The minimum atomic E-state index is 0.749. The molecule has 0 aromatic heterocycles. The van der Waals surface area contributed by atoms with Gasteiger partial charge in [-0.05, 0) is 55.4 Å². The number of carbonyl (C=O) groups excluding carboxylic acids is 1. The van der Waals surface area contributed by atoms with Gasteiger partial charge in [0.1, 0.15) is 6.29 Å². The number of anilines is 1. The minimum Gasteiger partial charge on any atom is -0.371 e. The first kappa shape index (κ1) is 13.1. The van der Waals surface area contributed by atoms with E-state index < -0.39 is 0 Å². The second-order valence-electron chi connectivity index (χ2n) is 5.96. The first-order valence-electron chi connectivity index (χ1n) is 6.82.